The number of nitrogens with one attached hydrogen (secondary N) is 2. The minimum atomic E-state index is -0.541. The fourth-order valence-corrected chi connectivity index (χ4v) is 4.23. The van der Waals surface area contributed by atoms with Crippen LogP contribution in [0.4, 0.5) is 11.4 Å². The van der Waals surface area contributed by atoms with E-state index >= 15 is 0 Å². The van der Waals surface area contributed by atoms with Crippen molar-refractivity contribution in [3.05, 3.63) is 33.3 Å². The molecule has 1 saturated carbocycles. The second-order valence-corrected chi connectivity index (χ2v) is 8.64. The maximum absolute atomic E-state index is 12.7. The molecule has 1 unspecified atom stereocenters. The SMILES string of the molecule is CC(C)=C1CC(=O)N(c2cc(NC(C)C(=O)NC3CCCC3)c(Cl)cc2Cl)C1=O. The molecule has 8 heteroatoms. The maximum Gasteiger partial charge on any atom is 0.261 e. The summed E-state index contributed by atoms with van der Waals surface area (Å²) in [5, 5.41) is 6.61. The summed E-state index contributed by atoms with van der Waals surface area (Å²) in [6.07, 6.45) is 4.30. The predicted octanol–water partition coefficient (Wildman–Crippen LogP) is 4.45. The number of amides is 3. The average molecular weight is 438 g/mol. The average Bonchev–Trinajstić information content (AvgIpc) is 3.25. The highest BCUT2D eigenvalue weighted by molar-refractivity contribution is 6.40. The topological polar surface area (TPSA) is 78.5 Å². The van der Waals surface area contributed by atoms with Crippen LogP contribution in [0.2, 0.25) is 10.0 Å². The fraction of sp³-hybridized carbons (Fsp3) is 0.476. The van der Waals surface area contributed by atoms with Crippen LogP contribution in [0.15, 0.2) is 23.3 Å². The minimum absolute atomic E-state index is 0.0447. The Morgan fingerprint density at radius 3 is 2.38 bits per heavy atom. The van der Waals surface area contributed by atoms with E-state index in [0.717, 1.165) is 36.2 Å². The van der Waals surface area contributed by atoms with Gasteiger partial charge in [0.1, 0.15) is 6.04 Å². The molecular formula is C21H25Cl2N3O3. The lowest BCUT2D eigenvalue weighted by Gasteiger charge is -2.21. The Morgan fingerprint density at radius 1 is 1.14 bits per heavy atom. The van der Waals surface area contributed by atoms with Crippen LogP contribution in [0.1, 0.15) is 52.9 Å². The smallest absolute Gasteiger partial charge is 0.261 e. The number of nitrogens with zero attached hydrogens (tertiary/aromatic N) is 1. The highest BCUT2D eigenvalue weighted by atomic mass is 35.5. The Labute approximate surface area is 180 Å². The molecule has 3 amide bonds. The van der Waals surface area contributed by atoms with Gasteiger partial charge >= 0.3 is 0 Å². The molecule has 2 N–H and O–H groups in total. The van der Waals surface area contributed by atoms with Gasteiger partial charge in [0, 0.05) is 11.6 Å². The van der Waals surface area contributed by atoms with E-state index in [1.165, 1.54) is 6.07 Å². The summed E-state index contributed by atoms with van der Waals surface area (Å²) >= 11 is 12.6. The number of carbonyl (C=O) groups excluding carboxylic acids is 3. The summed E-state index contributed by atoms with van der Waals surface area (Å²) in [4.78, 5) is 38.7. The molecule has 156 valence electrons. The second kappa shape index (κ2) is 8.76. The van der Waals surface area contributed by atoms with Crippen LogP contribution < -0.4 is 15.5 Å². The van der Waals surface area contributed by atoms with E-state index < -0.39 is 6.04 Å². The summed E-state index contributed by atoms with van der Waals surface area (Å²) in [5.41, 5.74) is 1.96. The third kappa shape index (κ3) is 4.59. The van der Waals surface area contributed by atoms with Gasteiger partial charge in [-0.05, 0) is 45.7 Å². The third-order valence-corrected chi connectivity index (χ3v) is 6.00. The molecule has 1 aliphatic carbocycles. The van der Waals surface area contributed by atoms with Crippen LogP contribution in [0.25, 0.3) is 0 Å². The summed E-state index contributed by atoms with van der Waals surface area (Å²) < 4.78 is 0. The van der Waals surface area contributed by atoms with Crippen molar-refractivity contribution in [2.75, 3.05) is 10.2 Å². The quantitative estimate of drug-likeness (QED) is 0.526. The van der Waals surface area contributed by atoms with Crippen molar-refractivity contribution in [2.24, 2.45) is 0 Å². The molecule has 6 nitrogen and oxygen atoms in total. The lowest BCUT2D eigenvalue weighted by Crippen LogP contribution is -2.42. The van der Waals surface area contributed by atoms with Gasteiger partial charge in [-0.15, -0.1) is 0 Å². The van der Waals surface area contributed by atoms with E-state index in [1.807, 2.05) is 0 Å². The van der Waals surface area contributed by atoms with Crippen LogP contribution in [-0.4, -0.2) is 29.8 Å². The fourth-order valence-electron chi connectivity index (χ4n) is 3.70. The molecule has 2 aliphatic rings. The molecule has 29 heavy (non-hydrogen) atoms. The number of anilines is 2. The second-order valence-electron chi connectivity index (χ2n) is 7.83. The highest BCUT2D eigenvalue weighted by Crippen LogP contribution is 2.38. The lowest BCUT2D eigenvalue weighted by molar-refractivity contribution is -0.122. The first-order valence-corrected chi connectivity index (χ1v) is 10.5. The van der Waals surface area contributed by atoms with Gasteiger partial charge in [-0.25, -0.2) is 4.90 Å². The lowest BCUT2D eigenvalue weighted by atomic mass is 10.1. The highest BCUT2D eigenvalue weighted by Gasteiger charge is 2.37. The summed E-state index contributed by atoms with van der Waals surface area (Å²) in [6.45, 7) is 5.33. The standard InChI is InChI=1S/C21H25Cl2N3O3/c1-11(2)14-8-19(27)26(21(14)29)18-10-17(15(22)9-16(18)23)24-12(3)20(28)25-13-6-4-5-7-13/h9-10,12-13,24H,4-8H2,1-3H3,(H,25,28). The van der Waals surface area contributed by atoms with Crippen molar-refractivity contribution < 1.29 is 14.4 Å². The Hall–Kier alpha value is -2.05. The first-order valence-electron chi connectivity index (χ1n) is 9.78. The molecule has 1 atom stereocenters. The third-order valence-electron chi connectivity index (χ3n) is 5.39. The van der Waals surface area contributed by atoms with Crippen LogP contribution in [0.3, 0.4) is 0 Å². The van der Waals surface area contributed by atoms with Crippen LogP contribution in [0, 0.1) is 0 Å². The van der Waals surface area contributed by atoms with E-state index in [9.17, 15) is 14.4 Å². The van der Waals surface area contributed by atoms with E-state index in [1.54, 1.807) is 26.8 Å². The van der Waals surface area contributed by atoms with E-state index in [0.29, 0.717) is 16.3 Å². The van der Waals surface area contributed by atoms with Gasteiger partial charge in [0.15, 0.2) is 0 Å². The molecule has 1 aromatic carbocycles. The Balaban J connectivity index is 1.82. The van der Waals surface area contributed by atoms with Gasteiger partial charge in [-0.3, -0.25) is 14.4 Å². The molecule has 1 heterocycles. The Morgan fingerprint density at radius 2 is 1.79 bits per heavy atom. The zero-order valence-corrected chi connectivity index (χ0v) is 18.3. The molecule has 1 aliphatic heterocycles. The summed E-state index contributed by atoms with van der Waals surface area (Å²) in [6, 6.07) is 2.70. The molecule has 0 bridgehead atoms. The van der Waals surface area contributed by atoms with Crippen molar-refractivity contribution in [2.45, 2.75) is 65.0 Å². The number of benzene rings is 1. The first-order chi connectivity index (χ1) is 13.7. The van der Waals surface area contributed by atoms with Crippen LogP contribution >= 0.6 is 23.2 Å². The van der Waals surface area contributed by atoms with Crippen molar-refractivity contribution in [1.82, 2.24) is 5.32 Å². The minimum Gasteiger partial charge on any atom is -0.373 e. The Bertz CT molecular complexity index is 887. The monoisotopic (exact) mass is 437 g/mol. The number of imide groups is 1. The van der Waals surface area contributed by atoms with Crippen molar-refractivity contribution in [1.29, 1.82) is 0 Å². The van der Waals surface area contributed by atoms with Gasteiger partial charge in [-0.2, -0.15) is 0 Å². The molecule has 3 rings (SSSR count). The van der Waals surface area contributed by atoms with Gasteiger partial charge in [-0.1, -0.05) is 41.6 Å². The number of halogens is 2. The predicted molar refractivity (Wildman–Crippen MR) is 115 cm³/mol. The number of allylic oxidation sites excluding steroid dienone is 1. The molecule has 2 fully saturated rings. The van der Waals surface area contributed by atoms with E-state index in [-0.39, 0.29) is 40.9 Å². The molecule has 0 aromatic heterocycles. The van der Waals surface area contributed by atoms with E-state index in [4.69, 9.17) is 23.2 Å². The number of carbonyl (C=O) groups is 3. The zero-order chi connectivity index (χ0) is 21.3. The first kappa shape index (κ1) is 21.7. The zero-order valence-electron chi connectivity index (χ0n) is 16.8. The molecule has 0 spiro atoms. The number of hydrogen-bond donors (Lipinski definition) is 2. The van der Waals surface area contributed by atoms with Gasteiger partial charge in [0.25, 0.3) is 5.91 Å². The maximum atomic E-state index is 12.7. The Kier molecular flexibility index (Phi) is 6.54. The summed E-state index contributed by atoms with van der Waals surface area (Å²) in [5.74, 6) is -0.838. The summed E-state index contributed by atoms with van der Waals surface area (Å²) in [7, 11) is 0. The van der Waals surface area contributed by atoms with Crippen molar-refractivity contribution in [3.8, 4) is 0 Å². The molecular weight excluding hydrogens is 413 g/mol. The van der Waals surface area contributed by atoms with E-state index in [2.05, 4.69) is 10.6 Å². The van der Waals surface area contributed by atoms with Crippen LogP contribution in [-0.2, 0) is 14.4 Å². The van der Waals surface area contributed by atoms with Gasteiger partial charge in [0.2, 0.25) is 11.8 Å². The number of hydrogen-bond acceptors (Lipinski definition) is 4. The molecule has 1 aromatic rings. The number of rotatable bonds is 5. The van der Waals surface area contributed by atoms with Gasteiger partial charge in [0.05, 0.1) is 27.8 Å². The van der Waals surface area contributed by atoms with Crippen molar-refractivity contribution >= 4 is 52.3 Å². The largest absolute Gasteiger partial charge is 0.373 e. The normalized spacial score (nSPS) is 18.4. The van der Waals surface area contributed by atoms with Crippen LogP contribution in [0.5, 0.6) is 0 Å². The molecule has 1 saturated heterocycles. The molecule has 0 radical (unpaired) electrons. The van der Waals surface area contributed by atoms with Gasteiger partial charge < -0.3 is 10.6 Å². The van der Waals surface area contributed by atoms with Crippen molar-refractivity contribution in [3.63, 3.8) is 0 Å².